The monoisotopic (exact) mass is 142 g/mol. The average Bonchev–Trinajstić information content (AvgIpc) is 1.73. The van der Waals surface area contributed by atoms with Crippen molar-refractivity contribution in [1.82, 2.24) is 0 Å². The zero-order chi connectivity index (χ0) is 4.78. The summed E-state index contributed by atoms with van der Waals surface area (Å²) in [7, 11) is -1.83. The molecule has 1 heterocycles. The summed E-state index contributed by atoms with van der Waals surface area (Å²) in [5, 5.41) is 0. The Balaban J connectivity index is 2.92. The van der Waals surface area contributed by atoms with E-state index in [1.165, 1.54) is 0 Å². The molecule has 1 fully saturated rings. The molecular weight excluding hydrogens is 140 g/mol. The number of rotatable bonds is 0. The molecule has 1 atom stereocenters. The maximum absolute atomic E-state index is 9.96. The van der Waals surface area contributed by atoms with Crippen LogP contribution in [0.25, 0.3) is 0 Å². The van der Waals surface area contributed by atoms with E-state index in [4.69, 9.17) is 0 Å². The van der Waals surface area contributed by atoms with Gasteiger partial charge < -0.3 is 0 Å². The van der Waals surface area contributed by atoms with Crippen LogP contribution in [0.1, 0.15) is 0 Å². The van der Waals surface area contributed by atoms with Crippen LogP contribution in [0.4, 0.5) is 0 Å². The lowest BCUT2D eigenvalue weighted by Gasteiger charge is -1.54. The van der Waals surface area contributed by atoms with Gasteiger partial charge in [0.25, 0.3) is 0 Å². The fraction of sp³-hybridized carbons (Fsp3) is 1.00. The van der Waals surface area contributed by atoms with Crippen LogP contribution in [0.3, 0.4) is 0 Å². The normalized spacial score (nSPS) is 39.2. The first-order valence-electron chi connectivity index (χ1n) is 1.23. The second-order valence-corrected chi connectivity index (χ2v) is 6.50. The van der Waals surface area contributed by atoms with Crippen molar-refractivity contribution in [3.8, 4) is 0 Å². The lowest BCUT2D eigenvalue weighted by atomic mass is 11.9. The Labute approximate surface area is 45.0 Å². The maximum atomic E-state index is 9.96. The molecule has 0 N–H and O–H groups in total. The molecule has 0 aliphatic carbocycles. The number of hydrogen-bond donors (Lipinski definition) is 1. The summed E-state index contributed by atoms with van der Waals surface area (Å²) in [6.45, 7) is 0. The molecule has 2 nitrogen and oxygen atoms in total. The van der Waals surface area contributed by atoms with Gasteiger partial charge in [-0.1, -0.05) is 0 Å². The van der Waals surface area contributed by atoms with E-state index in [0.717, 1.165) is 10.8 Å². The van der Waals surface area contributed by atoms with Gasteiger partial charge in [0.1, 0.15) is 0 Å². The lowest BCUT2D eigenvalue weighted by Crippen LogP contribution is -1.69. The van der Waals surface area contributed by atoms with Crippen molar-refractivity contribution in [2.45, 2.75) is 3.91 Å². The summed E-state index contributed by atoms with van der Waals surface area (Å²) in [6.07, 6.45) is 0. The fourth-order valence-corrected chi connectivity index (χ4v) is 2.49. The van der Waals surface area contributed by atoms with E-state index >= 15 is 0 Å². The Morgan fingerprint density at radius 1 is 1.67 bits per heavy atom. The molecule has 6 heavy (non-hydrogen) atoms. The van der Waals surface area contributed by atoms with E-state index < -0.39 is 12.8 Å². The van der Waals surface area contributed by atoms with Gasteiger partial charge in [0.05, 0.1) is 0 Å². The molecule has 0 aromatic heterocycles. The van der Waals surface area contributed by atoms with Gasteiger partial charge in [0.15, 0.2) is 3.91 Å². The van der Waals surface area contributed by atoms with Gasteiger partial charge in [-0.3, -0.25) is 0 Å². The Morgan fingerprint density at radius 3 is 1.83 bits per heavy atom. The van der Waals surface area contributed by atoms with Crippen LogP contribution in [0, 0.1) is 0 Å². The van der Waals surface area contributed by atoms with Crippen LogP contribution >= 0.6 is 23.4 Å². The van der Waals surface area contributed by atoms with Crippen LogP contribution in [-0.4, -0.2) is 12.3 Å². The van der Waals surface area contributed by atoms with Crippen molar-refractivity contribution in [3.63, 3.8) is 0 Å². The highest BCUT2D eigenvalue weighted by Crippen LogP contribution is 2.46. The molecule has 36 valence electrons. The van der Waals surface area contributed by atoms with Crippen molar-refractivity contribution < 1.29 is 8.42 Å². The first-order chi connectivity index (χ1) is 2.63. The maximum Gasteiger partial charge on any atom is 0.226 e. The first-order valence-corrected chi connectivity index (χ1v) is 4.69. The summed E-state index contributed by atoms with van der Waals surface area (Å²) >= 11 is 3.63. The third-order valence-electron chi connectivity index (χ3n) is 0.425. The average molecular weight is 142 g/mol. The largest absolute Gasteiger partial charge is 0.226 e. The Morgan fingerprint density at radius 2 is 1.83 bits per heavy atom. The van der Waals surface area contributed by atoms with Crippen molar-refractivity contribution in [2.75, 3.05) is 0 Å². The Kier molecular flexibility index (Phi) is 0.862. The molecule has 1 unspecified atom stereocenters. The lowest BCUT2D eigenvalue weighted by molar-refractivity contribution is 0.617. The van der Waals surface area contributed by atoms with Crippen molar-refractivity contribution in [1.29, 1.82) is 0 Å². The molecule has 1 aliphatic rings. The van der Waals surface area contributed by atoms with Gasteiger partial charge in [0.2, 0.25) is 8.87 Å². The van der Waals surface area contributed by atoms with E-state index in [2.05, 4.69) is 12.6 Å². The zero-order valence-electron chi connectivity index (χ0n) is 2.66. The van der Waals surface area contributed by atoms with Gasteiger partial charge in [-0.25, -0.2) is 8.42 Å². The SMILES string of the molecule is O=S1(=O)SC1S. The molecule has 0 spiro atoms. The van der Waals surface area contributed by atoms with Crippen LogP contribution in [-0.2, 0) is 8.87 Å². The second-order valence-electron chi connectivity index (χ2n) is 0.896. The summed E-state index contributed by atoms with van der Waals surface area (Å²) in [5.74, 6) is 0. The molecule has 0 saturated carbocycles. The molecule has 0 radical (unpaired) electrons. The third-order valence-corrected chi connectivity index (χ3v) is 5.38. The topological polar surface area (TPSA) is 34.1 Å². The van der Waals surface area contributed by atoms with Gasteiger partial charge in [-0.15, -0.1) is 12.6 Å². The predicted molar refractivity (Wildman–Crippen MR) is 29.3 cm³/mol. The quantitative estimate of drug-likeness (QED) is 0.299. The summed E-state index contributed by atoms with van der Waals surface area (Å²) in [6, 6.07) is 0. The fourth-order valence-electron chi connectivity index (χ4n) is 0.0921. The van der Waals surface area contributed by atoms with E-state index in [9.17, 15) is 8.42 Å². The molecule has 0 aromatic rings. The third kappa shape index (κ3) is 0.665. The van der Waals surface area contributed by atoms with E-state index in [-0.39, 0.29) is 0 Å². The molecule has 1 saturated heterocycles. The minimum Gasteiger partial charge on any atom is -0.215 e. The molecule has 0 amide bonds. The van der Waals surface area contributed by atoms with Crippen LogP contribution in [0.5, 0.6) is 0 Å². The van der Waals surface area contributed by atoms with E-state index in [1.807, 2.05) is 0 Å². The molecule has 1 rings (SSSR count). The summed E-state index contributed by atoms with van der Waals surface area (Å²) in [5.41, 5.74) is 0. The number of hydrogen-bond acceptors (Lipinski definition) is 4. The van der Waals surface area contributed by atoms with Crippen molar-refractivity contribution in [2.24, 2.45) is 0 Å². The minimum atomic E-state index is -2.71. The summed E-state index contributed by atoms with van der Waals surface area (Å²) in [4.78, 5) is 0. The zero-order valence-corrected chi connectivity index (χ0v) is 5.18. The molecular formula is CH2O2S3. The minimum absolute atomic E-state index is 0.419. The van der Waals surface area contributed by atoms with Crippen LogP contribution in [0.15, 0.2) is 0 Å². The molecule has 0 aromatic carbocycles. The first kappa shape index (κ1) is 4.80. The Hall–Kier alpha value is 0.650. The van der Waals surface area contributed by atoms with Gasteiger partial charge in [0, 0.05) is 10.8 Å². The van der Waals surface area contributed by atoms with Gasteiger partial charge in [-0.2, -0.15) is 0 Å². The van der Waals surface area contributed by atoms with E-state index in [1.54, 1.807) is 0 Å². The molecule has 1 aliphatic heterocycles. The van der Waals surface area contributed by atoms with Crippen LogP contribution in [0.2, 0.25) is 0 Å². The highest BCUT2D eigenvalue weighted by atomic mass is 33.2. The van der Waals surface area contributed by atoms with E-state index in [0.29, 0.717) is 0 Å². The second kappa shape index (κ2) is 1.08. The standard InChI is InChI=1S/CH2O2S3/c2-6(3)1(4)5-6/h1,4H. The molecule has 0 bridgehead atoms. The van der Waals surface area contributed by atoms with Crippen LogP contribution < -0.4 is 0 Å². The highest BCUT2D eigenvalue weighted by Gasteiger charge is 2.42. The van der Waals surface area contributed by atoms with Gasteiger partial charge in [-0.05, 0) is 0 Å². The van der Waals surface area contributed by atoms with Crippen molar-refractivity contribution >= 4 is 32.3 Å². The predicted octanol–water partition coefficient (Wildman–Crippen LogP) is 0.276. The van der Waals surface area contributed by atoms with Gasteiger partial charge >= 0.3 is 0 Å². The Bertz CT molecular complexity index is 144. The highest BCUT2D eigenvalue weighted by molar-refractivity contribution is 8.91. The summed E-state index contributed by atoms with van der Waals surface area (Å²) < 4.78 is 19.5. The molecule has 5 heteroatoms. The van der Waals surface area contributed by atoms with Crippen molar-refractivity contribution in [3.05, 3.63) is 0 Å². The number of thiol groups is 1. The smallest absolute Gasteiger partial charge is 0.215 e.